The molecular weight excluding hydrogens is 326 g/mol. The Morgan fingerprint density at radius 2 is 1.92 bits per heavy atom. The molecule has 2 aromatic rings. The highest BCUT2D eigenvalue weighted by Gasteiger charge is 2.16. The molecule has 24 heavy (non-hydrogen) atoms. The Bertz CT molecular complexity index is 721. The predicted molar refractivity (Wildman–Crippen MR) is 93.8 cm³/mol. The van der Waals surface area contributed by atoms with Crippen LogP contribution in [0, 0.1) is 6.92 Å². The summed E-state index contributed by atoms with van der Waals surface area (Å²) in [5.41, 5.74) is 2.12. The first kappa shape index (κ1) is 18.0. The lowest BCUT2D eigenvalue weighted by Crippen LogP contribution is -2.25. The van der Waals surface area contributed by atoms with E-state index < -0.39 is 5.97 Å². The minimum Gasteiger partial charge on any atom is -0.482 e. The van der Waals surface area contributed by atoms with Crippen molar-refractivity contribution in [3.05, 3.63) is 51.2 Å². The van der Waals surface area contributed by atoms with Crippen molar-refractivity contribution >= 4 is 23.2 Å². The van der Waals surface area contributed by atoms with E-state index in [1.807, 2.05) is 25.1 Å². The first-order valence-electron chi connectivity index (χ1n) is 7.69. The van der Waals surface area contributed by atoms with E-state index in [0.29, 0.717) is 12.3 Å². The molecule has 1 amide bonds. The standard InChI is InChI=1S/C18H21NO4S/c1-4-15-12(2)9-16(24-15)18(22)19(3)10-13-5-7-14(8-6-13)23-11-17(20)21/h5-9H,4,10-11H2,1-3H3,(H,20,21). The third-order valence-corrected chi connectivity index (χ3v) is 4.97. The largest absolute Gasteiger partial charge is 0.482 e. The first-order chi connectivity index (χ1) is 11.4. The van der Waals surface area contributed by atoms with E-state index in [9.17, 15) is 9.59 Å². The highest BCUT2D eigenvalue weighted by Crippen LogP contribution is 2.24. The lowest BCUT2D eigenvalue weighted by atomic mass is 10.2. The topological polar surface area (TPSA) is 66.8 Å². The molecular formula is C18H21NO4S. The molecule has 1 N–H and O–H groups in total. The molecule has 0 saturated carbocycles. The van der Waals surface area contributed by atoms with Gasteiger partial charge in [-0.1, -0.05) is 19.1 Å². The fourth-order valence-corrected chi connectivity index (χ4v) is 3.45. The van der Waals surface area contributed by atoms with Crippen molar-refractivity contribution in [1.29, 1.82) is 0 Å². The monoisotopic (exact) mass is 347 g/mol. The summed E-state index contributed by atoms with van der Waals surface area (Å²) in [4.78, 5) is 26.7. The zero-order chi connectivity index (χ0) is 17.7. The van der Waals surface area contributed by atoms with Gasteiger partial charge in [-0.3, -0.25) is 4.79 Å². The number of benzene rings is 1. The molecule has 6 heteroatoms. The Hall–Kier alpha value is -2.34. The number of amides is 1. The number of hydrogen-bond donors (Lipinski definition) is 1. The highest BCUT2D eigenvalue weighted by atomic mass is 32.1. The fourth-order valence-electron chi connectivity index (χ4n) is 2.35. The summed E-state index contributed by atoms with van der Waals surface area (Å²) < 4.78 is 5.09. The summed E-state index contributed by atoms with van der Waals surface area (Å²) in [5, 5.41) is 8.59. The van der Waals surface area contributed by atoms with Crippen LogP contribution in [0.4, 0.5) is 0 Å². The number of carbonyl (C=O) groups excluding carboxylic acids is 1. The molecule has 0 atom stereocenters. The molecule has 5 nitrogen and oxygen atoms in total. The van der Waals surface area contributed by atoms with E-state index >= 15 is 0 Å². The van der Waals surface area contributed by atoms with Gasteiger partial charge in [-0.15, -0.1) is 11.3 Å². The number of hydrogen-bond acceptors (Lipinski definition) is 4. The van der Waals surface area contributed by atoms with Crippen molar-refractivity contribution in [1.82, 2.24) is 4.90 Å². The number of carbonyl (C=O) groups is 2. The van der Waals surface area contributed by atoms with Gasteiger partial charge in [0.2, 0.25) is 0 Å². The number of thiophene rings is 1. The third kappa shape index (κ3) is 4.58. The Morgan fingerprint density at radius 1 is 1.25 bits per heavy atom. The Balaban J connectivity index is 1.99. The van der Waals surface area contributed by atoms with Gasteiger partial charge in [0, 0.05) is 18.5 Å². The normalized spacial score (nSPS) is 10.5. The number of rotatable bonds is 7. The molecule has 0 saturated heterocycles. The average molecular weight is 347 g/mol. The molecule has 0 radical (unpaired) electrons. The van der Waals surface area contributed by atoms with Crippen molar-refractivity contribution in [3.8, 4) is 5.75 Å². The number of aliphatic carboxylic acids is 1. The summed E-state index contributed by atoms with van der Waals surface area (Å²) in [6.45, 7) is 4.23. The molecule has 1 aromatic carbocycles. The van der Waals surface area contributed by atoms with Crippen LogP contribution in [0.5, 0.6) is 5.75 Å². The van der Waals surface area contributed by atoms with Crippen molar-refractivity contribution in [2.45, 2.75) is 26.8 Å². The molecule has 128 valence electrons. The Labute approximate surface area is 145 Å². The average Bonchev–Trinajstić information content (AvgIpc) is 2.94. The lowest BCUT2D eigenvalue weighted by molar-refractivity contribution is -0.139. The van der Waals surface area contributed by atoms with E-state index in [1.54, 1.807) is 35.4 Å². The summed E-state index contributed by atoms with van der Waals surface area (Å²) >= 11 is 1.55. The molecule has 0 fully saturated rings. The highest BCUT2D eigenvalue weighted by molar-refractivity contribution is 7.14. The van der Waals surface area contributed by atoms with Gasteiger partial charge in [0.1, 0.15) is 5.75 Å². The Kier molecular flexibility index (Phi) is 5.98. The molecule has 2 rings (SSSR count). The molecule has 0 aliphatic heterocycles. The lowest BCUT2D eigenvalue weighted by Gasteiger charge is -2.16. The second-order valence-corrected chi connectivity index (χ2v) is 6.69. The summed E-state index contributed by atoms with van der Waals surface area (Å²) in [5.74, 6) is -0.507. The molecule has 0 aliphatic carbocycles. The van der Waals surface area contributed by atoms with E-state index in [-0.39, 0.29) is 12.5 Å². The van der Waals surface area contributed by atoms with Crippen LogP contribution in [0.25, 0.3) is 0 Å². The van der Waals surface area contributed by atoms with Gasteiger partial charge in [0.05, 0.1) is 4.88 Å². The van der Waals surface area contributed by atoms with Crippen molar-refractivity contribution in [2.24, 2.45) is 0 Å². The zero-order valence-corrected chi connectivity index (χ0v) is 14.9. The minimum atomic E-state index is -1.01. The number of carboxylic acids is 1. The third-order valence-electron chi connectivity index (χ3n) is 3.60. The minimum absolute atomic E-state index is 0.00834. The smallest absolute Gasteiger partial charge is 0.341 e. The van der Waals surface area contributed by atoms with Gasteiger partial charge in [0.25, 0.3) is 5.91 Å². The van der Waals surface area contributed by atoms with Crippen LogP contribution in [0.1, 0.15) is 32.6 Å². The van der Waals surface area contributed by atoms with Crippen LogP contribution in [0.3, 0.4) is 0 Å². The number of ether oxygens (including phenoxy) is 1. The predicted octanol–water partition coefficient (Wildman–Crippen LogP) is 3.35. The van der Waals surface area contributed by atoms with Crippen LogP contribution in [0.2, 0.25) is 0 Å². The SMILES string of the molecule is CCc1sc(C(=O)N(C)Cc2ccc(OCC(=O)O)cc2)cc1C. The molecule has 0 unspecified atom stereocenters. The van der Waals surface area contributed by atoms with E-state index in [0.717, 1.165) is 16.9 Å². The number of carboxylic acid groups (broad SMARTS) is 1. The van der Waals surface area contributed by atoms with Crippen LogP contribution >= 0.6 is 11.3 Å². The summed E-state index contributed by atoms with van der Waals surface area (Å²) in [7, 11) is 1.78. The molecule has 1 aromatic heterocycles. The number of nitrogens with zero attached hydrogens (tertiary/aromatic N) is 1. The van der Waals surface area contributed by atoms with Gasteiger partial charge in [-0.05, 0) is 42.7 Å². The van der Waals surface area contributed by atoms with Gasteiger partial charge in [0.15, 0.2) is 6.61 Å². The van der Waals surface area contributed by atoms with Gasteiger partial charge in [-0.2, -0.15) is 0 Å². The van der Waals surface area contributed by atoms with E-state index in [2.05, 4.69) is 6.92 Å². The molecule has 1 heterocycles. The first-order valence-corrected chi connectivity index (χ1v) is 8.50. The summed E-state index contributed by atoms with van der Waals surface area (Å²) in [6, 6.07) is 9.03. The maximum absolute atomic E-state index is 12.5. The second kappa shape index (κ2) is 7.97. The van der Waals surface area contributed by atoms with Crippen molar-refractivity contribution in [3.63, 3.8) is 0 Å². The molecule has 0 bridgehead atoms. The maximum atomic E-state index is 12.5. The zero-order valence-electron chi connectivity index (χ0n) is 14.0. The fraction of sp³-hybridized carbons (Fsp3) is 0.333. The summed E-state index contributed by atoms with van der Waals surface area (Å²) in [6.07, 6.45) is 0.936. The second-order valence-electron chi connectivity index (χ2n) is 5.56. The van der Waals surface area contributed by atoms with Crippen molar-refractivity contribution in [2.75, 3.05) is 13.7 Å². The van der Waals surface area contributed by atoms with E-state index in [4.69, 9.17) is 9.84 Å². The van der Waals surface area contributed by atoms with Crippen LogP contribution in [0.15, 0.2) is 30.3 Å². The van der Waals surface area contributed by atoms with Gasteiger partial charge in [-0.25, -0.2) is 4.79 Å². The molecule has 0 spiro atoms. The van der Waals surface area contributed by atoms with Gasteiger partial charge < -0.3 is 14.7 Å². The number of aryl methyl sites for hydroxylation is 2. The van der Waals surface area contributed by atoms with Crippen LogP contribution in [-0.2, 0) is 17.8 Å². The van der Waals surface area contributed by atoms with Gasteiger partial charge >= 0.3 is 5.97 Å². The maximum Gasteiger partial charge on any atom is 0.341 e. The Morgan fingerprint density at radius 3 is 2.46 bits per heavy atom. The van der Waals surface area contributed by atoms with E-state index in [1.165, 1.54) is 10.4 Å². The van der Waals surface area contributed by atoms with Crippen molar-refractivity contribution < 1.29 is 19.4 Å². The molecule has 0 aliphatic rings. The quantitative estimate of drug-likeness (QED) is 0.834. The van der Waals surface area contributed by atoms with Crippen LogP contribution in [-0.4, -0.2) is 35.5 Å². The van der Waals surface area contributed by atoms with Crippen LogP contribution < -0.4 is 4.74 Å².